The third-order valence-corrected chi connectivity index (χ3v) is 8.48. The molecule has 2 heterocycles. The molecule has 2 aromatic carbocycles. The van der Waals surface area contributed by atoms with Crippen LogP contribution in [0.5, 0.6) is 11.5 Å². The lowest BCUT2D eigenvalue weighted by molar-refractivity contribution is 0.0492. The van der Waals surface area contributed by atoms with Crippen LogP contribution in [0.2, 0.25) is 0 Å². The third-order valence-electron chi connectivity index (χ3n) is 8.48. The Balaban J connectivity index is 1.26. The van der Waals surface area contributed by atoms with E-state index in [2.05, 4.69) is 34.1 Å². The summed E-state index contributed by atoms with van der Waals surface area (Å²) in [6.45, 7) is 3.50. The molecule has 2 fully saturated rings. The molecule has 4 heteroatoms. The van der Waals surface area contributed by atoms with Crippen LogP contribution >= 0.6 is 0 Å². The summed E-state index contributed by atoms with van der Waals surface area (Å²) in [5.74, 6) is 2.18. The van der Waals surface area contributed by atoms with Crippen molar-refractivity contribution < 1.29 is 9.47 Å². The largest absolute Gasteiger partial charge is 0.478 e. The van der Waals surface area contributed by atoms with Crippen molar-refractivity contribution in [1.29, 1.82) is 0 Å². The Hall–Kier alpha value is -1.78. The maximum Gasteiger partial charge on any atom is 0.142 e. The summed E-state index contributed by atoms with van der Waals surface area (Å²) in [5, 5.41) is 2.59. The second kappa shape index (κ2) is 9.23. The first-order valence-electron chi connectivity index (χ1n) is 13.2. The van der Waals surface area contributed by atoms with Crippen LogP contribution in [0.25, 0.3) is 10.8 Å². The van der Waals surface area contributed by atoms with Gasteiger partial charge in [-0.05, 0) is 43.2 Å². The van der Waals surface area contributed by atoms with Gasteiger partial charge < -0.3 is 9.47 Å². The number of hydrogen-bond acceptors (Lipinski definition) is 4. The van der Waals surface area contributed by atoms with Crippen LogP contribution in [-0.2, 0) is 13.1 Å². The number of hydrogen-bond donors (Lipinski definition) is 0. The molecule has 32 heavy (non-hydrogen) atoms. The van der Waals surface area contributed by atoms with Gasteiger partial charge in [-0.15, -0.1) is 0 Å². The molecule has 2 aliphatic carbocycles. The molecule has 0 amide bonds. The summed E-state index contributed by atoms with van der Waals surface area (Å²) in [6.07, 6.45) is 16.4. The van der Waals surface area contributed by atoms with Crippen molar-refractivity contribution in [2.24, 2.45) is 0 Å². The van der Waals surface area contributed by atoms with E-state index in [0.29, 0.717) is 12.1 Å². The molecule has 4 aliphatic rings. The van der Waals surface area contributed by atoms with Gasteiger partial charge in [0, 0.05) is 41.7 Å². The third kappa shape index (κ3) is 4.01. The zero-order chi connectivity index (χ0) is 21.3. The second-order valence-electron chi connectivity index (χ2n) is 10.5. The van der Waals surface area contributed by atoms with Crippen LogP contribution < -0.4 is 9.47 Å². The Morgan fingerprint density at radius 2 is 1.19 bits per heavy atom. The minimum Gasteiger partial charge on any atom is -0.478 e. The molecule has 0 spiro atoms. The standard InChI is InChI=1S/C28H38N2O2/c1-2-6-10-22(9-5-1)29-17-21-13-14-24-25(28(21)32-20-29)15-16-27-26(24)18-30(19-31-27)23-11-7-3-4-8-12-23/h13-16,22-23H,1-12,17-20H2. The summed E-state index contributed by atoms with van der Waals surface area (Å²) in [7, 11) is 0. The summed E-state index contributed by atoms with van der Waals surface area (Å²) >= 11 is 0. The lowest BCUT2D eigenvalue weighted by Gasteiger charge is -2.37. The Morgan fingerprint density at radius 1 is 0.594 bits per heavy atom. The lowest BCUT2D eigenvalue weighted by atomic mass is 9.96. The molecule has 4 nitrogen and oxygen atoms in total. The molecule has 0 unspecified atom stereocenters. The van der Waals surface area contributed by atoms with Gasteiger partial charge in [-0.1, -0.05) is 63.5 Å². The van der Waals surface area contributed by atoms with E-state index >= 15 is 0 Å². The Kier molecular flexibility index (Phi) is 6.00. The fraction of sp³-hybridized carbons (Fsp3) is 0.643. The molecule has 2 aliphatic heterocycles. The Morgan fingerprint density at radius 3 is 1.88 bits per heavy atom. The minimum atomic E-state index is 0.669. The highest BCUT2D eigenvalue weighted by molar-refractivity contribution is 5.94. The normalized spacial score (nSPS) is 24.1. The predicted molar refractivity (Wildman–Crippen MR) is 129 cm³/mol. The minimum absolute atomic E-state index is 0.669. The van der Waals surface area contributed by atoms with E-state index in [4.69, 9.17) is 9.47 Å². The van der Waals surface area contributed by atoms with Crippen LogP contribution in [0.3, 0.4) is 0 Å². The number of nitrogens with zero attached hydrogens (tertiary/aromatic N) is 2. The molecule has 2 saturated carbocycles. The van der Waals surface area contributed by atoms with Gasteiger partial charge in [-0.2, -0.15) is 0 Å². The van der Waals surface area contributed by atoms with Gasteiger partial charge in [0.2, 0.25) is 0 Å². The molecule has 0 radical (unpaired) electrons. The van der Waals surface area contributed by atoms with Crippen LogP contribution in [0.15, 0.2) is 24.3 Å². The van der Waals surface area contributed by atoms with Gasteiger partial charge in [0.1, 0.15) is 25.0 Å². The first kappa shape index (κ1) is 20.8. The summed E-state index contributed by atoms with van der Waals surface area (Å²) < 4.78 is 12.7. The molecule has 172 valence electrons. The van der Waals surface area contributed by atoms with Crippen molar-refractivity contribution in [3.05, 3.63) is 35.4 Å². The van der Waals surface area contributed by atoms with E-state index in [1.807, 2.05) is 0 Å². The SMILES string of the molecule is c1cc2c3c(ccc2c2c1CN(C1CCCCCC1)CO2)OCN(C1CCCCCC1)C3. The van der Waals surface area contributed by atoms with Crippen LogP contribution in [0.1, 0.15) is 88.2 Å². The van der Waals surface area contributed by atoms with E-state index in [1.54, 1.807) is 0 Å². The maximum absolute atomic E-state index is 6.47. The van der Waals surface area contributed by atoms with E-state index in [0.717, 1.165) is 38.1 Å². The maximum atomic E-state index is 6.47. The molecule has 0 saturated heterocycles. The highest BCUT2D eigenvalue weighted by atomic mass is 16.5. The van der Waals surface area contributed by atoms with Gasteiger partial charge >= 0.3 is 0 Å². The fourth-order valence-electron chi connectivity index (χ4n) is 6.59. The second-order valence-corrected chi connectivity index (χ2v) is 10.5. The number of benzene rings is 2. The zero-order valence-electron chi connectivity index (χ0n) is 19.5. The monoisotopic (exact) mass is 434 g/mol. The van der Waals surface area contributed by atoms with Crippen molar-refractivity contribution in [2.45, 2.75) is 102 Å². The first-order valence-corrected chi connectivity index (χ1v) is 13.2. The lowest BCUT2D eigenvalue weighted by Crippen LogP contribution is -2.40. The van der Waals surface area contributed by atoms with Gasteiger partial charge in [-0.3, -0.25) is 9.80 Å². The van der Waals surface area contributed by atoms with E-state index < -0.39 is 0 Å². The molecule has 0 aromatic heterocycles. The fourth-order valence-corrected chi connectivity index (χ4v) is 6.59. The number of rotatable bonds is 2. The van der Waals surface area contributed by atoms with Crippen molar-refractivity contribution in [1.82, 2.24) is 9.80 Å². The Labute approximate surface area is 192 Å². The van der Waals surface area contributed by atoms with Crippen molar-refractivity contribution in [3.63, 3.8) is 0 Å². The zero-order valence-corrected chi connectivity index (χ0v) is 19.5. The molecule has 0 N–H and O–H groups in total. The quantitative estimate of drug-likeness (QED) is 0.498. The van der Waals surface area contributed by atoms with Gasteiger partial charge in [0.15, 0.2) is 0 Å². The van der Waals surface area contributed by atoms with E-state index in [9.17, 15) is 0 Å². The van der Waals surface area contributed by atoms with Crippen LogP contribution in [0.4, 0.5) is 0 Å². The molecule has 6 rings (SSSR count). The average molecular weight is 435 g/mol. The van der Waals surface area contributed by atoms with Gasteiger partial charge in [-0.25, -0.2) is 0 Å². The highest BCUT2D eigenvalue weighted by Gasteiger charge is 2.29. The molecular weight excluding hydrogens is 396 g/mol. The van der Waals surface area contributed by atoms with Crippen molar-refractivity contribution in [3.8, 4) is 11.5 Å². The van der Waals surface area contributed by atoms with Gasteiger partial charge in [0.25, 0.3) is 0 Å². The van der Waals surface area contributed by atoms with E-state index in [1.165, 1.54) is 98.9 Å². The van der Waals surface area contributed by atoms with Crippen LogP contribution in [-0.4, -0.2) is 35.3 Å². The molecular formula is C28H38N2O2. The van der Waals surface area contributed by atoms with Crippen molar-refractivity contribution >= 4 is 10.8 Å². The molecule has 0 atom stereocenters. The highest BCUT2D eigenvalue weighted by Crippen LogP contribution is 2.41. The molecule has 0 bridgehead atoms. The van der Waals surface area contributed by atoms with Crippen LogP contribution in [0, 0.1) is 0 Å². The average Bonchev–Trinajstić information content (AvgIpc) is 3.29. The summed E-state index contributed by atoms with van der Waals surface area (Å²) in [6, 6.07) is 10.4. The summed E-state index contributed by atoms with van der Waals surface area (Å²) in [4.78, 5) is 5.16. The van der Waals surface area contributed by atoms with Crippen molar-refractivity contribution in [2.75, 3.05) is 13.5 Å². The van der Waals surface area contributed by atoms with E-state index in [-0.39, 0.29) is 0 Å². The number of fused-ring (bicyclic) bond motifs is 5. The Bertz CT molecular complexity index is 942. The number of ether oxygens (including phenoxy) is 2. The predicted octanol–water partition coefficient (Wildman–Crippen LogP) is 6.59. The smallest absolute Gasteiger partial charge is 0.142 e. The first-order chi connectivity index (χ1) is 15.9. The topological polar surface area (TPSA) is 24.9 Å². The summed E-state index contributed by atoms with van der Waals surface area (Å²) in [5.41, 5.74) is 2.71. The van der Waals surface area contributed by atoms with Gasteiger partial charge in [0.05, 0.1) is 0 Å². The molecule has 2 aromatic rings.